The molecular formula is C32H18N6O. The number of hydrogen-bond acceptors (Lipinski definition) is 5. The molecule has 0 amide bonds. The second-order valence-corrected chi connectivity index (χ2v) is 9.66. The molecule has 0 saturated heterocycles. The van der Waals surface area contributed by atoms with Crippen LogP contribution in [0.4, 0.5) is 0 Å². The third kappa shape index (κ3) is 2.76. The van der Waals surface area contributed by atoms with Gasteiger partial charge in [-0.25, -0.2) is 0 Å². The molecule has 0 N–H and O–H groups in total. The Morgan fingerprint density at radius 2 is 1.13 bits per heavy atom. The third-order valence-corrected chi connectivity index (χ3v) is 7.60. The van der Waals surface area contributed by atoms with Gasteiger partial charge in [0.15, 0.2) is 5.58 Å². The zero-order valence-corrected chi connectivity index (χ0v) is 20.5. The molecule has 0 atom stereocenters. The van der Waals surface area contributed by atoms with E-state index >= 15 is 0 Å². The van der Waals surface area contributed by atoms with Gasteiger partial charge in [0, 0.05) is 70.1 Å². The van der Waals surface area contributed by atoms with Crippen LogP contribution in [0.25, 0.3) is 77.2 Å². The molecule has 7 aromatic heterocycles. The maximum Gasteiger partial charge on any atom is 0.153 e. The monoisotopic (exact) mass is 502 g/mol. The van der Waals surface area contributed by atoms with Crippen molar-refractivity contribution in [2.75, 3.05) is 0 Å². The topological polar surface area (TPSA) is 74.6 Å². The van der Waals surface area contributed by atoms with Gasteiger partial charge in [0.05, 0.1) is 27.6 Å². The highest BCUT2D eigenvalue weighted by Crippen LogP contribution is 2.37. The SMILES string of the molecule is c1cnc2c(c1)oc1ccc(-n3c4ccc(-n5c6ccncc6c6cnccc65)cc4c4ncccc43)cc12. The molecule has 0 aliphatic heterocycles. The second kappa shape index (κ2) is 7.49. The van der Waals surface area contributed by atoms with Gasteiger partial charge >= 0.3 is 0 Å². The van der Waals surface area contributed by atoms with Gasteiger partial charge in [0.25, 0.3) is 0 Å². The van der Waals surface area contributed by atoms with E-state index in [2.05, 4.69) is 72.6 Å². The van der Waals surface area contributed by atoms with Gasteiger partial charge in [0.2, 0.25) is 0 Å². The summed E-state index contributed by atoms with van der Waals surface area (Å²) in [6.07, 6.45) is 11.1. The normalized spacial score (nSPS) is 12.1. The number of nitrogens with zero attached hydrogens (tertiary/aromatic N) is 6. The Morgan fingerprint density at radius 1 is 0.487 bits per heavy atom. The fourth-order valence-electron chi connectivity index (χ4n) is 5.95. The van der Waals surface area contributed by atoms with E-state index in [1.165, 1.54) is 0 Å². The van der Waals surface area contributed by atoms with E-state index in [1.807, 2.05) is 55.2 Å². The average Bonchev–Trinajstić information content (AvgIpc) is 3.64. The van der Waals surface area contributed by atoms with Gasteiger partial charge in [-0.05, 0) is 72.8 Å². The van der Waals surface area contributed by atoms with E-state index in [4.69, 9.17) is 9.40 Å². The largest absolute Gasteiger partial charge is 0.454 e. The minimum atomic E-state index is 0.787. The first-order valence-corrected chi connectivity index (χ1v) is 12.7. The third-order valence-electron chi connectivity index (χ3n) is 7.60. The second-order valence-electron chi connectivity index (χ2n) is 9.66. The lowest BCUT2D eigenvalue weighted by atomic mass is 10.2. The van der Waals surface area contributed by atoms with Crippen LogP contribution in [0.3, 0.4) is 0 Å². The summed E-state index contributed by atoms with van der Waals surface area (Å²) in [6, 6.07) is 24.9. The van der Waals surface area contributed by atoms with E-state index in [1.54, 1.807) is 6.20 Å². The van der Waals surface area contributed by atoms with Crippen LogP contribution in [0.15, 0.2) is 114 Å². The first-order chi connectivity index (χ1) is 19.3. The molecule has 2 aromatic carbocycles. The van der Waals surface area contributed by atoms with E-state index in [-0.39, 0.29) is 0 Å². The molecule has 7 nitrogen and oxygen atoms in total. The first-order valence-electron chi connectivity index (χ1n) is 12.7. The Morgan fingerprint density at radius 3 is 1.92 bits per heavy atom. The maximum atomic E-state index is 6.03. The standard InChI is InChI=1S/C32H18N6O/c1-3-28-31(35-11-1)21-15-19(37-26-9-13-33-17-23(26)24-18-34-14-10-27(24)37)5-7-25(21)38(28)20-6-8-29-22(16-20)32-30(39-29)4-2-12-36-32/h1-18H. The van der Waals surface area contributed by atoms with E-state index in [0.29, 0.717) is 0 Å². The predicted molar refractivity (Wildman–Crippen MR) is 154 cm³/mol. The molecule has 7 heterocycles. The number of fused-ring (bicyclic) bond motifs is 9. The Labute approximate surface area is 220 Å². The highest BCUT2D eigenvalue weighted by Gasteiger charge is 2.18. The molecule has 9 aromatic rings. The van der Waals surface area contributed by atoms with Gasteiger partial charge in [-0.3, -0.25) is 19.9 Å². The fraction of sp³-hybridized carbons (Fsp3) is 0. The van der Waals surface area contributed by atoms with Gasteiger partial charge < -0.3 is 13.6 Å². The Bertz CT molecular complexity index is 2360. The average molecular weight is 503 g/mol. The predicted octanol–water partition coefficient (Wildman–Crippen LogP) is 7.36. The summed E-state index contributed by atoms with van der Waals surface area (Å²) in [6.45, 7) is 0. The van der Waals surface area contributed by atoms with Crippen LogP contribution in [0.5, 0.6) is 0 Å². The molecule has 9 rings (SSSR count). The van der Waals surface area contributed by atoms with Crippen LogP contribution < -0.4 is 0 Å². The quantitative estimate of drug-likeness (QED) is 0.247. The van der Waals surface area contributed by atoms with Gasteiger partial charge in [0.1, 0.15) is 11.1 Å². The number of hydrogen-bond donors (Lipinski definition) is 0. The van der Waals surface area contributed by atoms with Crippen molar-refractivity contribution in [1.29, 1.82) is 0 Å². The van der Waals surface area contributed by atoms with Crippen molar-refractivity contribution in [3.8, 4) is 11.4 Å². The molecule has 0 fully saturated rings. The van der Waals surface area contributed by atoms with Crippen molar-refractivity contribution in [3.63, 3.8) is 0 Å². The minimum absolute atomic E-state index is 0.787. The van der Waals surface area contributed by atoms with Gasteiger partial charge in [-0.1, -0.05) is 0 Å². The molecular weight excluding hydrogens is 484 g/mol. The molecule has 182 valence electrons. The molecule has 0 aliphatic rings. The van der Waals surface area contributed by atoms with Gasteiger partial charge in [-0.2, -0.15) is 0 Å². The molecule has 39 heavy (non-hydrogen) atoms. The molecule has 0 aliphatic carbocycles. The first kappa shape index (κ1) is 20.5. The summed E-state index contributed by atoms with van der Waals surface area (Å²) < 4.78 is 10.6. The molecule has 0 spiro atoms. The molecule has 0 bridgehead atoms. The van der Waals surface area contributed by atoms with Crippen molar-refractivity contribution in [1.82, 2.24) is 29.1 Å². The molecule has 7 heteroatoms. The molecule has 0 radical (unpaired) electrons. The van der Waals surface area contributed by atoms with Crippen LogP contribution in [0.1, 0.15) is 0 Å². The highest BCUT2D eigenvalue weighted by molar-refractivity contribution is 6.11. The van der Waals surface area contributed by atoms with E-state index in [9.17, 15) is 0 Å². The van der Waals surface area contributed by atoms with Crippen LogP contribution in [-0.4, -0.2) is 29.1 Å². The highest BCUT2D eigenvalue weighted by atomic mass is 16.3. The number of pyridine rings is 4. The smallest absolute Gasteiger partial charge is 0.153 e. The lowest BCUT2D eigenvalue weighted by molar-refractivity contribution is 0.668. The van der Waals surface area contributed by atoms with Crippen molar-refractivity contribution < 1.29 is 4.42 Å². The van der Waals surface area contributed by atoms with Crippen LogP contribution in [0, 0.1) is 0 Å². The number of aromatic nitrogens is 6. The Kier molecular flexibility index (Phi) is 3.93. The van der Waals surface area contributed by atoms with Crippen LogP contribution in [0.2, 0.25) is 0 Å². The summed E-state index contributed by atoms with van der Waals surface area (Å²) in [5.74, 6) is 0. The number of benzene rings is 2. The zero-order chi connectivity index (χ0) is 25.5. The summed E-state index contributed by atoms with van der Waals surface area (Å²) in [5.41, 5.74) is 9.83. The van der Waals surface area contributed by atoms with Crippen molar-refractivity contribution >= 4 is 65.8 Å². The summed E-state index contributed by atoms with van der Waals surface area (Å²) >= 11 is 0. The molecule has 0 unspecified atom stereocenters. The van der Waals surface area contributed by atoms with Crippen LogP contribution in [-0.2, 0) is 0 Å². The van der Waals surface area contributed by atoms with E-state index in [0.717, 1.165) is 77.2 Å². The van der Waals surface area contributed by atoms with Crippen LogP contribution >= 0.6 is 0 Å². The number of rotatable bonds is 2. The van der Waals surface area contributed by atoms with E-state index < -0.39 is 0 Å². The number of furan rings is 1. The lowest BCUT2D eigenvalue weighted by Crippen LogP contribution is -1.96. The minimum Gasteiger partial charge on any atom is -0.454 e. The zero-order valence-electron chi connectivity index (χ0n) is 20.5. The summed E-state index contributed by atoms with van der Waals surface area (Å²) in [7, 11) is 0. The van der Waals surface area contributed by atoms with Gasteiger partial charge in [-0.15, -0.1) is 0 Å². The van der Waals surface area contributed by atoms with Crippen molar-refractivity contribution in [3.05, 3.63) is 110 Å². The van der Waals surface area contributed by atoms with Crippen molar-refractivity contribution in [2.24, 2.45) is 0 Å². The molecule has 0 saturated carbocycles. The summed E-state index contributed by atoms with van der Waals surface area (Å²) in [4.78, 5) is 18.1. The Hall–Kier alpha value is -5.56. The Balaban J connectivity index is 1.34. The lowest BCUT2D eigenvalue weighted by Gasteiger charge is -2.10. The van der Waals surface area contributed by atoms with Crippen molar-refractivity contribution in [2.45, 2.75) is 0 Å². The summed E-state index contributed by atoms with van der Waals surface area (Å²) in [5, 5.41) is 4.23. The maximum absolute atomic E-state index is 6.03. The fourth-order valence-corrected chi connectivity index (χ4v) is 5.95.